The summed E-state index contributed by atoms with van der Waals surface area (Å²) in [6, 6.07) is 9.78. The zero-order valence-corrected chi connectivity index (χ0v) is 9.07. The van der Waals surface area contributed by atoms with Gasteiger partial charge in [0, 0.05) is 1.37 Å². The molecule has 0 heterocycles. The summed E-state index contributed by atoms with van der Waals surface area (Å²) in [5.41, 5.74) is 0. The van der Waals surface area contributed by atoms with Gasteiger partial charge < -0.3 is 4.74 Å². The van der Waals surface area contributed by atoms with Crippen LogP contribution in [0.15, 0.2) is 30.3 Å². The van der Waals surface area contributed by atoms with Crippen LogP contribution in [0.1, 0.15) is 40.9 Å². The molecule has 1 aromatic rings. The number of hydrogen-bond acceptors (Lipinski definition) is 1. The van der Waals surface area contributed by atoms with Crippen LogP contribution in [0, 0.1) is 0 Å². The van der Waals surface area contributed by atoms with Crippen molar-refractivity contribution >= 4 is 0 Å². The number of hydrogen-bond donors (Lipinski definition) is 0. The highest BCUT2D eigenvalue weighted by Crippen LogP contribution is 2.15. The first kappa shape index (κ1) is 9.57. The van der Waals surface area contributed by atoms with Crippen LogP contribution in [-0.4, -0.2) is 6.10 Å². The van der Waals surface area contributed by atoms with Crippen LogP contribution in [0.5, 0.6) is 5.75 Å². The summed E-state index contributed by atoms with van der Waals surface area (Å²) in [6.45, 7) is 4.18. The SMILES string of the molecule is [2H]C(CCC)[C@@H](CC)Oc1ccccc1. The van der Waals surface area contributed by atoms with E-state index in [0.29, 0.717) is 0 Å². The van der Waals surface area contributed by atoms with Gasteiger partial charge in [-0.15, -0.1) is 0 Å². The molecule has 0 spiro atoms. The van der Waals surface area contributed by atoms with Crippen LogP contribution in [0.4, 0.5) is 0 Å². The summed E-state index contributed by atoms with van der Waals surface area (Å²) >= 11 is 0. The molecule has 0 radical (unpaired) electrons. The lowest BCUT2D eigenvalue weighted by Gasteiger charge is -2.16. The van der Waals surface area contributed by atoms with Crippen molar-refractivity contribution in [2.24, 2.45) is 0 Å². The Morgan fingerprint density at radius 2 is 2.00 bits per heavy atom. The minimum absolute atomic E-state index is 0.0207. The second kappa shape index (κ2) is 6.47. The average Bonchev–Trinajstić information content (AvgIpc) is 2.27. The zero-order valence-electron chi connectivity index (χ0n) is 10.1. The van der Waals surface area contributed by atoms with Gasteiger partial charge in [0.1, 0.15) is 5.75 Å². The lowest BCUT2D eigenvalue weighted by Crippen LogP contribution is -2.14. The van der Waals surface area contributed by atoms with E-state index in [4.69, 9.17) is 6.11 Å². The first-order valence-corrected chi connectivity index (χ1v) is 5.41. The van der Waals surface area contributed by atoms with Crippen molar-refractivity contribution < 1.29 is 6.11 Å². The summed E-state index contributed by atoms with van der Waals surface area (Å²) < 4.78 is 13.7. The van der Waals surface area contributed by atoms with E-state index in [9.17, 15) is 0 Å². The molecule has 2 atom stereocenters. The van der Waals surface area contributed by atoms with E-state index < -0.39 is 0 Å². The molecular weight excluding hydrogens is 172 g/mol. The van der Waals surface area contributed by atoms with Gasteiger partial charge in [-0.25, -0.2) is 0 Å². The molecule has 1 nitrogen and oxygen atoms in total. The third kappa shape index (κ3) is 3.82. The monoisotopic (exact) mass is 193 g/mol. The van der Waals surface area contributed by atoms with Crippen LogP contribution in [-0.2, 0) is 0 Å². The fraction of sp³-hybridized carbons (Fsp3) is 0.538. The number of para-hydroxylation sites is 1. The first-order chi connectivity index (χ1) is 7.27. The lowest BCUT2D eigenvalue weighted by molar-refractivity contribution is 0.183. The van der Waals surface area contributed by atoms with Crippen LogP contribution < -0.4 is 4.74 Å². The normalized spacial score (nSPS) is 15.7. The minimum Gasteiger partial charge on any atom is -0.490 e. The predicted molar refractivity (Wildman–Crippen MR) is 60.7 cm³/mol. The molecule has 0 aliphatic carbocycles. The van der Waals surface area contributed by atoms with Crippen molar-refractivity contribution in [3.05, 3.63) is 30.3 Å². The van der Waals surface area contributed by atoms with Gasteiger partial charge in [0.15, 0.2) is 0 Å². The summed E-state index contributed by atoms with van der Waals surface area (Å²) in [6.07, 6.45) is 2.75. The number of benzene rings is 1. The lowest BCUT2D eigenvalue weighted by atomic mass is 10.1. The van der Waals surface area contributed by atoms with Crippen molar-refractivity contribution in [2.45, 2.75) is 45.6 Å². The summed E-state index contributed by atoms with van der Waals surface area (Å²) in [7, 11) is 0. The maximum Gasteiger partial charge on any atom is 0.119 e. The molecule has 1 rings (SSSR count). The molecule has 0 bridgehead atoms. The van der Waals surface area contributed by atoms with Gasteiger partial charge in [-0.05, 0) is 25.0 Å². The van der Waals surface area contributed by atoms with Gasteiger partial charge in [0.25, 0.3) is 0 Å². The Morgan fingerprint density at radius 1 is 1.29 bits per heavy atom. The van der Waals surface area contributed by atoms with E-state index in [1.54, 1.807) is 0 Å². The van der Waals surface area contributed by atoms with E-state index in [0.717, 1.165) is 25.0 Å². The van der Waals surface area contributed by atoms with E-state index >= 15 is 0 Å². The number of rotatable bonds is 6. The smallest absolute Gasteiger partial charge is 0.119 e. The fourth-order valence-electron chi connectivity index (χ4n) is 1.32. The van der Waals surface area contributed by atoms with Gasteiger partial charge in [0.05, 0.1) is 6.10 Å². The maximum absolute atomic E-state index is 7.95. The Morgan fingerprint density at radius 3 is 2.57 bits per heavy atom. The molecule has 78 valence electrons. The molecule has 0 saturated carbocycles. The van der Waals surface area contributed by atoms with Crippen LogP contribution in [0.3, 0.4) is 0 Å². The third-order valence-corrected chi connectivity index (χ3v) is 2.15. The van der Waals surface area contributed by atoms with Crippen LogP contribution in [0.25, 0.3) is 0 Å². The summed E-state index contributed by atoms with van der Waals surface area (Å²) in [4.78, 5) is 0. The van der Waals surface area contributed by atoms with Crippen molar-refractivity contribution in [3.8, 4) is 5.75 Å². The van der Waals surface area contributed by atoms with E-state index in [2.05, 4.69) is 13.8 Å². The Bertz CT molecular complexity index is 260. The quantitative estimate of drug-likeness (QED) is 0.662. The van der Waals surface area contributed by atoms with Gasteiger partial charge >= 0.3 is 0 Å². The van der Waals surface area contributed by atoms with Gasteiger partial charge in [-0.3, -0.25) is 0 Å². The molecule has 14 heavy (non-hydrogen) atoms. The molecule has 0 amide bonds. The third-order valence-electron chi connectivity index (χ3n) is 2.15. The van der Waals surface area contributed by atoms with Crippen LogP contribution in [0.2, 0.25) is 0 Å². The van der Waals surface area contributed by atoms with Crippen molar-refractivity contribution in [1.29, 1.82) is 0 Å². The molecular formula is C13H20O. The summed E-state index contributed by atoms with van der Waals surface area (Å²) in [5, 5.41) is 0. The Balaban J connectivity index is 2.53. The second-order valence-electron chi connectivity index (χ2n) is 3.40. The average molecular weight is 193 g/mol. The summed E-state index contributed by atoms with van der Waals surface area (Å²) in [5.74, 6) is 0.873. The Kier molecular flexibility index (Phi) is 4.42. The maximum atomic E-state index is 7.95. The highest BCUT2D eigenvalue weighted by atomic mass is 16.5. The van der Waals surface area contributed by atoms with Gasteiger partial charge in [0.2, 0.25) is 0 Å². The fourth-order valence-corrected chi connectivity index (χ4v) is 1.32. The van der Waals surface area contributed by atoms with Gasteiger partial charge in [-0.1, -0.05) is 44.9 Å². The molecule has 0 aliphatic heterocycles. The highest BCUT2D eigenvalue weighted by molar-refractivity contribution is 5.21. The molecule has 0 aromatic heterocycles. The topological polar surface area (TPSA) is 9.23 Å². The molecule has 0 saturated heterocycles. The largest absolute Gasteiger partial charge is 0.490 e. The van der Waals surface area contributed by atoms with E-state index in [1.165, 1.54) is 0 Å². The predicted octanol–water partition coefficient (Wildman–Crippen LogP) is 4.03. The van der Waals surface area contributed by atoms with E-state index in [-0.39, 0.29) is 12.5 Å². The first-order valence-electron chi connectivity index (χ1n) is 5.99. The van der Waals surface area contributed by atoms with Crippen molar-refractivity contribution in [2.75, 3.05) is 0 Å². The molecule has 1 unspecified atom stereocenters. The molecule has 1 heteroatoms. The van der Waals surface area contributed by atoms with E-state index in [1.807, 2.05) is 30.3 Å². The molecule has 0 fully saturated rings. The Labute approximate surface area is 88.5 Å². The van der Waals surface area contributed by atoms with Crippen LogP contribution >= 0.6 is 0 Å². The molecule has 1 aromatic carbocycles. The molecule has 0 aliphatic rings. The standard InChI is InChI=1S/C13H20O/c1-3-5-9-12(4-2)14-13-10-7-6-8-11-13/h6-8,10-12H,3-5,9H2,1-2H3/t12-/m1/s1/i9D/t9?,12-. The zero-order chi connectivity index (χ0) is 11.1. The minimum atomic E-state index is -0.111. The highest BCUT2D eigenvalue weighted by Gasteiger charge is 2.06. The van der Waals surface area contributed by atoms with Gasteiger partial charge in [-0.2, -0.15) is 0 Å². The Hall–Kier alpha value is -0.980. The molecule has 0 N–H and O–H groups in total. The second-order valence-corrected chi connectivity index (χ2v) is 3.40. The number of ether oxygens (including phenoxy) is 1. The van der Waals surface area contributed by atoms with Crippen molar-refractivity contribution in [1.82, 2.24) is 0 Å². The van der Waals surface area contributed by atoms with Crippen molar-refractivity contribution in [3.63, 3.8) is 0 Å².